The summed E-state index contributed by atoms with van der Waals surface area (Å²) in [6, 6.07) is 14.1. The van der Waals surface area contributed by atoms with Crippen LogP contribution in [-0.4, -0.2) is 47.2 Å². The number of anilines is 1. The third-order valence-electron chi connectivity index (χ3n) is 5.18. The molecule has 0 radical (unpaired) electrons. The predicted molar refractivity (Wildman–Crippen MR) is 131 cm³/mol. The van der Waals surface area contributed by atoms with Crippen LogP contribution in [0.5, 0.6) is 0 Å². The number of sulfonamides is 1. The molecule has 0 saturated heterocycles. The van der Waals surface area contributed by atoms with Gasteiger partial charge in [-0.15, -0.1) is 0 Å². The summed E-state index contributed by atoms with van der Waals surface area (Å²) in [4.78, 5) is 41.4. The first-order valence-electron chi connectivity index (χ1n) is 11.0. The summed E-state index contributed by atoms with van der Waals surface area (Å²) < 4.78 is 27.8. The third kappa shape index (κ3) is 6.61. The van der Waals surface area contributed by atoms with Crippen molar-refractivity contribution in [2.45, 2.75) is 31.8 Å². The van der Waals surface area contributed by atoms with Gasteiger partial charge in [-0.3, -0.25) is 19.4 Å². The van der Waals surface area contributed by atoms with E-state index in [2.05, 4.69) is 15.6 Å². The van der Waals surface area contributed by atoms with Crippen LogP contribution in [0.3, 0.4) is 0 Å². The number of rotatable bonds is 10. The molecule has 3 aromatic rings. The molecule has 0 spiro atoms. The van der Waals surface area contributed by atoms with E-state index in [1.54, 1.807) is 50.4 Å². The van der Waals surface area contributed by atoms with Gasteiger partial charge in [0.05, 0.1) is 17.1 Å². The van der Waals surface area contributed by atoms with Crippen LogP contribution in [0.2, 0.25) is 0 Å². The van der Waals surface area contributed by atoms with Gasteiger partial charge in [0.2, 0.25) is 15.9 Å². The number of hydrogen-bond donors (Lipinski definition) is 2. The van der Waals surface area contributed by atoms with Crippen LogP contribution in [0.25, 0.3) is 0 Å². The van der Waals surface area contributed by atoms with Crippen LogP contribution in [0, 0.1) is 0 Å². The van der Waals surface area contributed by atoms with Crippen LogP contribution in [0.4, 0.5) is 5.69 Å². The quantitative estimate of drug-likeness (QED) is 0.440. The fourth-order valence-corrected chi connectivity index (χ4v) is 4.85. The summed E-state index contributed by atoms with van der Waals surface area (Å²) in [6.45, 7) is 3.87. The van der Waals surface area contributed by atoms with E-state index in [1.807, 2.05) is 6.07 Å². The number of carbonyl (C=O) groups is 2. The lowest BCUT2D eigenvalue weighted by Gasteiger charge is -2.19. The predicted octanol–water partition coefficient (Wildman–Crippen LogP) is 1.84. The number of benzene rings is 1. The highest BCUT2D eigenvalue weighted by molar-refractivity contribution is 7.89. The molecule has 2 N–H and O–H groups in total. The molecule has 0 aliphatic heterocycles. The van der Waals surface area contributed by atoms with E-state index in [-0.39, 0.29) is 30.4 Å². The van der Waals surface area contributed by atoms with Crippen molar-refractivity contribution < 1.29 is 18.0 Å². The van der Waals surface area contributed by atoms with E-state index in [0.29, 0.717) is 16.9 Å². The summed E-state index contributed by atoms with van der Waals surface area (Å²) in [7, 11) is -3.78. The van der Waals surface area contributed by atoms with Gasteiger partial charge in [-0.05, 0) is 36.4 Å². The Kier molecular flexibility index (Phi) is 8.50. The fraction of sp³-hybridized carbons (Fsp3) is 0.250. The standard InChI is InChI=1S/C24H27N5O5S/c1-3-29(4-2)35(33,34)21-11-12-23(31)28(16-21)17-22(30)27-19-10-7-8-18(14-19)24(32)26-15-20-9-5-6-13-25-20/h5-14,16H,3-4,15,17H2,1-2H3,(H,26,32)(H,27,30). The zero-order chi connectivity index (χ0) is 25.4. The average Bonchev–Trinajstić information content (AvgIpc) is 2.85. The summed E-state index contributed by atoms with van der Waals surface area (Å²) in [5.41, 5.74) is 0.894. The topological polar surface area (TPSA) is 130 Å². The summed E-state index contributed by atoms with van der Waals surface area (Å²) in [5, 5.41) is 5.40. The van der Waals surface area contributed by atoms with Crippen molar-refractivity contribution in [2.24, 2.45) is 0 Å². The van der Waals surface area contributed by atoms with Gasteiger partial charge in [0, 0.05) is 42.8 Å². The normalized spacial score (nSPS) is 11.3. The lowest BCUT2D eigenvalue weighted by molar-refractivity contribution is -0.116. The first-order chi connectivity index (χ1) is 16.7. The molecule has 0 saturated carbocycles. The molecule has 10 nitrogen and oxygen atoms in total. The lowest BCUT2D eigenvalue weighted by atomic mass is 10.2. The van der Waals surface area contributed by atoms with Crippen molar-refractivity contribution in [3.63, 3.8) is 0 Å². The zero-order valence-electron chi connectivity index (χ0n) is 19.5. The Morgan fingerprint density at radius 3 is 2.49 bits per heavy atom. The Morgan fingerprint density at radius 1 is 1.03 bits per heavy atom. The number of nitrogens with zero attached hydrogens (tertiary/aromatic N) is 3. The van der Waals surface area contributed by atoms with Crippen molar-refractivity contribution in [1.29, 1.82) is 0 Å². The Labute approximate surface area is 203 Å². The molecule has 0 fully saturated rings. The molecule has 35 heavy (non-hydrogen) atoms. The van der Waals surface area contributed by atoms with Crippen molar-refractivity contribution >= 4 is 27.5 Å². The highest BCUT2D eigenvalue weighted by Gasteiger charge is 2.22. The fourth-order valence-electron chi connectivity index (χ4n) is 3.37. The second-order valence-electron chi connectivity index (χ2n) is 7.55. The van der Waals surface area contributed by atoms with Gasteiger partial charge >= 0.3 is 0 Å². The molecule has 0 atom stereocenters. The molecule has 0 bridgehead atoms. The molecule has 184 valence electrons. The van der Waals surface area contributed by atoms with E-state index >= 15 is 0 Å². The van der Waals surface area contributed by atoms with Gasteiger partial charge in [0.25, 0.3) is 11.5 Å². The third-order valence-corrected chi connectivity index (χ3v) is 7.21. The Bertz CT molecular complexity index is 1350. The van der Waals surface area contributed by atoms with Gasteiger partial charge < -0.3 is 15.2 Å². The molecular weight excluding hydrogens is 470 g/mol. The second kappa shape index (κ2) is 11.5. The van der Waals surface area contributed by atoms with Crippen molar-refractivity contribution in [1.82, 2.24) is 19.2 Å². The number of carbonyl (C=O) groups excluding carboxylic acids is 2. The zero-order valence-corrected chi connectivity index (χ0v) is 20.3. The highest BCUT2D eigenvalue weighted by Crippen LogP contribution is 2.14. The summed E-state index contributed by atoms with van der Waals surface area (Å²) >= 11 is 0. The number of nitrogens with one attached hydrogen (secondary N) is 2. The Hall–Kier alpha value is -3.83. The molecule has 0 unspecified atom stereocenters. The molecular formula is C24H27N5O5S. The van der Waals surface area contributed by atoms with Crippen LogP contribution in [0.1, 0.15) is 29.9 Å². The van der Waals surface area contributed by atoms with E-state index in [0.717, 1.165) is 16.8 Å². The van der Waals surface area contributed by atoms with Crippen molar-refractivity contribution in [2.75, 3.05) is 18.4 Å². The van der Waals surface area contributed by atoms with Gasteiger partial charge in [-0.25, -0.2) is 8.42 Å². The van der Waals surface area contributed by atoms with Crippen LogP contribution < -0.4 is 16.2 Å². The smallest absolute Gasteiger partial charge is 0.251 e. The minimum Gasteiger partial charge on any atom is -0.346 e. The minimum absolute atomic E-state index is 0.0693. The largest absolute Gasteiger partial charge is 0.346 e. The summed E-state index contributed by atoms with van der Waals surface area (Å²) in [6.07, 6.45) is 2.80. The molecule has 2 aromatic heterocycles. The van der Waals surface area contributed by atoms with E-state index in [1.165, 1.54) is 16.4 Å². The number of pyridine rings is 2. The first kappa shape index (κ1) is 25.8. The van der Waals surface area contributed by atoms with E-state index < -0.39 is 28.0 Å². The van der Waals surface area contributed by atoms with Crippen molar-refractivity contribution in [3.8, 4) is 0 Å². The van der Waals surface area contributed by atoms with Crippen LogP contribution in [-0.2, 0) is 27.9 Å². The molecule has 2 amide bonds. The van der Waals surface area contributed by atoms with Crippen LogP contribution >= 0.6 is 0 Å². The van der Waals surface area contributed by atoms with Crippen molar-refractivity contribution in [3.05, 3.63) is 88.6 Å². The monoisotopic (exact) mass is 497 g/mol. The maximum Gasteiger partial charge on any atom is 0.251 e. The van der Waals surface area contributed by atoms with Gasteiger partial charge in [0.15, 0.2) is 0 Å². The molecule has 1 aromatic carbocycles. The molecule has 2 heterocycles. The Morgan fingerprint density at radius 2 is 1.80 bits per heavy atom. The van der Waals surface area contributed by atoms with Gasteiger partial charge in [-0.2, -0.15) is 4.31 Å². The molecule has 3 rings (SSSR count). The van der Waals surface area contributed by atoms with Crippen LogP contribution in [0.15, 0.2) is 76.7 Å². The molecule has 0 aliphatic carbocycles. The minimum atomic E-state index is -3.78. The number of amides is 2. The maximum absolute atomic E-state index is 12.7. The molecule has 11 heteroatoms. The maximum atomic E-state index is 12.7. The Balaban J connectivity index is 1.69. The lowest BCUT2D eigenvalue weighted by Crippen LogP contribution is -2.33. The average molecular weight is 498 g/mol. The number of aromatic nitrogens is 2. The van der Waals surface area contributed by atoms with Gasteiger partial charge in [0.1, 0.15) is 6.54 Å². The second-order valence-corrected chi connectivity index (χ2v) is 9.49. The summed E-state index contributed by atoms with van der Waals surface area (Å²) in [5.74, 6) is -0.882. The number of hydrogen-bond acceptors (Lipinski definition) is 6. The first-order valence-corrected chi connectivity index (χ1v) is 12.5. The molecule has 0 aliphatic rings. The SMILES string of the molecule is CCN(CC)S(=O)(=O)c1ccc(=O)n(CC(=O)Nc2cccc(C(=O)NCc3ccccn3)c2)c1. The van der Waals surface area contributed by atoms with E-state index in [9.17, 15) is 22.8 Å². The van der Waals surface area contributed by atoms with E-state index in [4.69, 9.17) is 0 Å². The highest BCUT2D eigenvalue weighted by atomic mass is 32.2. The van der Waals surface area contributed by atoms with Gasteiger partial charge in [-0.1, -0.05) is 26.0 Å².